The Kier molecular flexibility index (Phi) is 3.50. The van der Waals surface area contributed by atoms with E-state index in [4.69, 9.17) is 4.74 Å². The Morgan fingerprint density at radius 2 is 2.14 bits per heavy atom. The smallest absolute Gasteiger partial charge is 0.312 e. The fraction of sp³-hybridized carbons (Fsp3) is 0.900. The Morgan fingerprint density at radius 3 is 2.57 bits per heavy atom. The Morgan fingerprint density at radius 1 is 1.50 bits per heavy atom. The van der Waals surface area contributed by atoms with Crippen LogP contribution in [-0.4, -0.2) is 31.8 Å². The van der Waals surface area contributed by atoms with Gasteiger partial charge in [-0.3, -0.25) is 10.1 Å². The van der Waals surface area contributed by atoms with Gasteiger partial charge in [0.15, 0.2) is 6.23 Å². The molecule has 2 N–H and O–H groups in total. The lowest BCUT2D eigenvalue weighted by molar-refractivity contribution is -0.159. The third-order valence-electron chi connectivity index (χ3n) is 2.36. The number of ether oxygens (including phenoxy) is 1. The van der Waals surface area contributed by atoms with E-state index in [-0.39, 0.29) is 12.2 Å². The highest BCUT2D eigenvalue weighted by atomic mass is 16.6. The molecule has 1 heterocycles. The van der Waals surface area contributed by atoms with Crippen LogP contribution in [0.2, 0.25) is 0 Å². The van der Waals surface area contributed by atoms with Crippen molar-refractivity contribution in [1.29, 1.82) is 0 Å². The first-order valence-corrected chi connectivity index (χ1v) is 5.05. The first kappa shape index (κ1) is 11.5. The van der Waals surface area contributed by atoms with Gasteiger partial charge in [-0.05, 0) is 27.8 Å². The van der Waals surface area contributed by atoms with Crippen molar-refractivity contribution in [2.75, 3.05) is 13.6 Å². The third-order valence-corrected chi connectivity index (χ3v) is 2.36. The molecule has 82 valence electrons. The predicted octanol–water partition coefficient (Wildman–Crippen LogP) is 0.483. The molecule has 0 aromatic rings. The molecule has 2 unspecified atom stereocenters. The van der Waals surface area contributed by atoms with Crippen molar-refractivity contribution in [3.05, 3.63) is 0 Å². The minimum absolute atomic E-state index is 0.126. The molecule has 1 aliphatic heterocycles. The number of nitrogens with one attached hydrogen (secondary N) is 2. The number of hydrogen-bond acceptors (Lipinski definition) is 4. The van der Waals surface area contributed by atoms with Crippen LogP contribution in [0.4, 0.5) is 0 Å². The Labute approximate surface area is 85.4 Å². The molecule has 2 atom stereocenters. The van der Waals surface area contributed by atoms with E-state index in [1.54, 1.807) is 0 Å². The van der Waals surface area contributed by atoms with E-state index in [0.717, 1.165) is 13.0 Å². The van der Waals surface area contributed by atoms with Crippen molar-refractivity contribution < 1.29 is 9.53 Å². The molecule has 4 heteroatoms. The predicted molar refractivity (Wildman–Crippen MR) is 54.8 cm³/mol. The molecule has 1 saturated heterocycles. The quantitative estimate of drug-likeness (QED) is 0.637. The molecule has 0 amide bonds. The first-order valence-electron chi connectivity index (χ1n) is 5.05. The maximum absolute atomic E-state index is 11.5. The Bertz CT molecular complexity index is 211. The average Bonchev–Trinajstić information content (AvgIpc) is 2.50. The molecule has 1 aliphatic rings. The fourth-order valence-electron chi connectivity index (χ4n) is 1.31. The van der Waals surface area contributed by atoms with E-state index in [9.17, 15) is 4.79 Å². The molecule has 0 bridgehead atoms. The summed E-state index contributed by atoms with van der Waals surface area (Å²) < 4.78 is 5.32. The monoisotopic (exact) mass is 200 g/mol. The maximum atomic E-state index is 11.5. The Hall–Kier alpha value is -0.610. The Balaban J connectivity index is 2.36. The van der Waals surface area contributed by atoms with Gasteiger partial charge in [-0.2, -0.15) is 0 Å². The zero-order chi connectivity index (χ0) is 10.8. The van der Waals surface area contributed by atoms with Crippen LogP contribution in [0, 0.1) is 5.41 Å². The van der Waals surface area contributed by atoms with Crippen molar-refractivity contribution in [1.82, 2.24) is 10.6 Å². The van der Waals surface area contributed by atoms with E-state index in [1.807, 2.05) is 27.8 Å². The second-order valence-corrected chi connectivity index (χ2v) is 4.77. The number of rotatable bonds is 2. The summed E-state index contributed by atoms with van der Waals surface area (Å²) in [5.41, 5.74) is -0.417. The van der Waals surface area contributed by atoms with Gasteiger partial charge in [-0.1, -0.05) is 0 Å². The van der Waals surface area contributed by atoms with E-state index < -0.39 is 5.41 Å². The average molecular weight is 200 g/mol. The van der Waals surface area contributed by atoms with Crippen LogP contribution in [0.5, 0.6) is 0 Å². The third kappa shape index (κ3) is 2.96. The molecule has 14 heavy (non-hydrogen) atoms. The zero-order valence-electron chi connectivity index (χ0n) is 9.39. The van der Waals surface area contributed by atoms with E-state index in [2.05, 4.69) is 10.6 Å². The molecule has 0 aromatic heterocycles. The summed E-state index contributed by atoms with van der Waals surface area (Å²) in [7, 11) is 1.92. The lowest BCUT2D eigenvalue weighted by atomic mass is 9.97. The number of carbonyl (C=O) groups excluding carboxylic acids is 1. The van der Waals surface area contributed by atoms with Crippen LogP contribution >= 0.6 is 0 Å². The lowest BCUT2D eigenvalue weighted by Gasteiger charge is -2.20. The van der Waals surface area contributed by atoms with Crippen molar-refractivity contribution >= 4 is 5.97 Å². The van der Waals surface area contributed by atoms with Gasteiger partial charge in [0.1, 0.15) is 0 Å². The first-order chi connectivity index (χ1) is 6.43. The summed E-state index contributed by atoms with van der Waals surface area (Å²) in [5.74, 6) is -0.147. The summed E-state index contributed by atoms with van der Waals surface area (Å²) in [6, 6.07) is 0.410. The summed E-state index contributed by atoms with van der Waals surface area (Å²) in [6.07, 6.45) is 0.720. The second kappa shape index (κ2) is 4.28. The minimum atomic E-state index is -0.417. The number of carbonyl (C=O) groups is 1. The van der Waals surface area contributed by atoms with E-state index in [0.29, 0.717) is 6.04 Å². The van der Waals surface area contributed by atoms with Crippen LogP contribution in [0.1, 0.15) is 27.2 Å². The van der Waals surface area contributed by atoms with Gasteiger partial charge in [0.05, 0.1) is 5.41 Å². The number of likely N-dealkylation sites (N-methyl/N-ethyl adjacent to an activating group) is 1. The lowest BCUT2D eigenvalue weighted by Crippen LogP contribution is -2.33. The number of hydrogen-bond donors (Lipinski definition) is 2. The minimum Gasteiger partial charge on any atom is -0.446 e. The summed E-state index contributed by atoms with van der Waals surface area (Å²) in [4.78, 5) is 11.5. The van der Waals surface area contributed by atoms with Crippen molar-refractivity contribution in [2.45, 2.75) is 39.5 Å². The topological polar surface area (TPSA) is 50.4 Å². The maximum Gasteiger partial charge on any atom is 0.312 e. The highest BCUT2D eigenvalue weighted by molar-refractivity contribution is 5.75. The molecule has 4 nitrogen and oxygen atoms in total. The van der Waals surface area contributed by atoms with Crippen LogP contribution in [0.3, 0.4) is 0 Å². The molecule has 0 aliphatic carbocycles. The molecule has 0 aromatic carbocycles. The van der Waals surface area contributed by atoms with E-state index >= 15 is 0 Å². The number of esters is 1. The molecular formula is C10H20N2O2. The van der Waals surface area contributed by atoms with Crippen LogP contribution in [0.15, 0.2) is 0 Å². The molecule has 0 saturated carbocycles. The molecular weight excluding hydrogens is 180 g/mol. The molecule has 1 rings (SSSR count). The summed E-state index contributed by atoms with van der Waals surface area (Å²) >= 11 is 0. The van der Waals surface area contributed by atoms with Crippen molar-refractivity contribution in [3.63, 3.8) is 0 Å². The highest BCUT2D eigenvalue weighted by Crippen LogP contribution is 2.18. The molecule has 0 radical (unpaired) electrons. The van der Waals surface area contributed by atoms with Gasteiger partial charge in [0.25, 0.3) is 0 Å². The van der Waals surface area contributed by atoms with E-state index in [1.165, 1.54) is 0 Å². The summed E-state index contributed by atoms with van der Waals surface area (Å²) in [6.45, 7) is 6.44. The summed E-state index contributed by atoms with van der Waals surface area (Å²) in [5, 5.41) is 6.31. The van der Waals surface area contributed by atoms with Gasteiger partial charge >= 0.3 is 5.97 Å². The van der Waals surface area contributed by atoms with Gasteiger partial charge in [0, 0.05) is 19.0 Å². The molecule has 0 spiro atoms. The normalized spacial score (nSPS) is 27.7. The van der Waals surface area contributed by atoms with Gasteiger partial charge in [0.2, 0.25) is 0 Å². The van der Waals surface area contributed by atoms with Gasteiger partial charge < -0.3 is 10.1 Å². The van der Waals surface area contributed by atoms with Crippen LogP contribution in [-0.2, 0) is 9.53 Å². The largest absolute Gasteiger partial charge is 0.446 e. The van der Waals surface area contributed by atoms with Gasteiger partial charge in [-0.15, -0.1) is 0 Å². The van der Waals surface area contributed by atoms with Crippen molar-refractivity contribution in [2.24, 2.45) is 5.41 Å². The SMILES string of the molecule is CNC1CNC(OC(=O)C(C)(C)C)C1. The van der Waals surface area contributed by atoms with Crippen LogP contribution < -0.4 is 10.6 Å². The second-order valence-electron chi connectivity index (χ2n) is 4.77. The highest BCUT2D eigenvalue weighted by Gasteiger charge is 2.30. The molecule has 1 fully saturated rings. The zero-order valence-corrected chi connectivity index (χ0v) is 9.39. The van der Waals surface area contributed by atoms with Crippen molar-refractivity contribution in [3.8, 4) is 0 Å². The van der Waals surface area contributed by atoms with Gasteiger partial charge in [-0.25, -0.2) is 0 Å². The standard InChI is InChI=1S/C10H20N2O2/c1-10(2,3)9(13)14-8-5-7(11-4)6-12-8/h7-8,11-12H,5-6H2,1-4H3. The van der Waals surface area contributed by atoms with Crippen LogP contribution in [0.25, 0.3) is 0 Å². The fourth-order valence-corrected chi connectivity index (χ4v) is 1.31.